The van der Waals surface area contributed by atoms with Crippen LogP contribution in [0.3, 0.4) is 0 Å². The minimum atomic E-state index is -4.48. The van der Waals surface area contributed by atoms with Gasteiger partial charge in [0, 0.05) is 13.2 Å². The Balaban J connectivity index is 4.13. The summed E-state index contributed by atoms with van der Waals surface area (Å²) < 4.78 is 34.0. The molecule has 308 valence electrons. The first-order valence-corrected chi connectivity index (χ1v) is 22.9. The third-order valence-electron chi connectivity index (χ3n) is 9.27. The highest BCUT2D eigenvalue weighted by Gasteiger charge is 2.26. The topological polar surface area (TPSA) is 138 Å². The maximum Gasteiger partial charge on any atom is 0.472 e. The molecular formula is C42H82NO8P. The van der Waals surface area contributed by atoms with Crippen molar-refractivity contribution in [3.63, 3.8) is 0 Å². The number of unbranched alkanes of at least 4 members (excludes halogenated alkanes) is 24. The summed E-state index contributed by atoms with van der Waals surface area (Å²) in [5.41, 5.74) is 5.38. The monoisotopic (exact) mass is 760 g/mol. The number of ether oxygens (including phenoxy) is 2. The zero-order valence-corrected chi connectivity index (χ0v) is 34.6. The van der Waals surface area contributed by atoms with Crippen molar-refractivity contribution in [2.45, 2.75) is 206 Å². The van der Waals surface area contributed by atoms with Crippen LogP contribution in [-0.2, 0) is 27.9 Å². The lowest BCUT2D eigenvalue weighted by Gasteiger charge is -2.20. The first-order chi connectivity index (χ1) is 25.3. The van der Waals surface area contributed by atoms with Crippen LogP contribution in [0.2, 0.25) is 0 Å². The van der Waals surface area contributed by atoms with Crippen LogP contribution in [0.15, 0.2) is 24.3 Å². The zero-order chi connectivity index (χ0) is 38.2. The first kappa shape index (κ1) is 50.9. The standard InChI is InChI=1S/C42H82NO8P/c1-3-5-7-9-11-13-15-17-19-21-23-25-27-29-31-33-35-48-37-40(38-50-52(46,47)51-39-41(43)42(44)45)49-36-34-32-30-28-26-24-22-20-18-16-14-12-10-8-6-4-2/h17-20,40-41H,3-16,21-39,43H2,1-2H3,(H,44,45)(H,46,47)/b19-17-,20-18-. The molecule has 0 aromatic rings. The molecule has 0 fully saturated rings. The highest BCUT2D eigenvalue weighted by atomic mass is 31.2. The molecule has 0 rings (SSSR count). The molecule has 9 nitrogen and oxygen atoms in total. The quantitative estimate of drug-likeness (QED) is 0.0315. The summed E-state index contributed by atoms with van der Waals surface area (Å²) in [5, 5.41) is 8.89. The highest BCUT2D eigenvalue weighted by molar-refractivity contribution is 7.47. The molecule has 0 aromatic heterocycles. The van der Waals surface area contributed by atoms with Crippen LogP contribution in [0.1, 0.15) is 194 Å². The van der Waals surface area contributed by atoms with Crippen LogP contribution in [0, 0.1) is 0 Å². The van der Waals surface area contributed by atoms with Gasteiger partial charge in [0.05, 0.1) is 19.8 Å². The summed E-state index contributed by atoms with van der Waals surface area (Å²) >= 11 is 0. The third kappa shape index (κ3) is 38.7. The Morgan fingerprint density at radius 1 is 0.558 bits per heavy atom. The van der Waals surface area contributed by atoms with E-state index in [1.165, 1.54) is 148 Å². The fraction of sp³-hybridized carbons (Fsp3) is 0.881. The predicted octanol–water partition coefficient (Wildman–Crippen LogP) is 12.0. The third-order valence-corrected chi connectivity index (χ3v) is 10.2. The number of hydrogen-bond acceptors (Lipinski definition) is 7. The average Bonchev–Trinajstić information content (AvgIpc) is 3.13. The van der Waals surface area contributed by atoms with Crippen molar-refractivity contribution in [1.29, 1.82) is 0 Å². The number of phosphoric acid groups is 1. The van der Waals surface area contributed by atoms with E-state index >= 15 is 0 Å². The number of nitrogens with two attached hydrogens (primary N) is 1. The Hall–Kier alpha value is -1.06. The van der Waals surface area contributed by atoms with Gasteiger partial charge >= 0.3 is 13.8 Å². The van der Waals surface area contributed by atoms with Gasteiger partial charge in [0.15, 0.2) is 0 Å². The highest BCUT2D eigenvalue weighted by Crippen LogP contribution is 2.43. The molecule has 0 saturated carbocycles. The van der Waals surface area contributed by atoms with Crippen LogP contribution in [0.4, 0.5) is 0 Å². The summed E-state index contributed by atoms with van der Waals surface area (Å²) in [5.74, 6) is -1.32. The van der Waals surface area contributed by atoms with Crippen molar-refractivity contribution < 1.29 is 37.9 Å². The molecule has 0 aromatic carbocycles. The summed E-state index contributed by atoms with van der Waals surface area (Å²) in [6, 6.07) is -1.41. The van der Waals surface area contributed by atoms with Crippen molar-refractivity contribution in [3.8, 4) is 0 Å². The minimum Gasteiger partial charge on any atom is -0.480 e. The van der Waals surface area contributed by atoms with E-state index in [1.807, 2.05) is 0 Å². The molecule has 3 atom stereocenters. The molecule has 10 heteroatoms. The Kier molecular flexibility index (Phi) is 38.8. The van der Waals surface area contributed by atoms with Crippen LogP contribution in [-0.4, -0.2) is 61.1 Å². The Morgan fingerprint density at radius 2 is 0.923 bits per heavy atom. The average molecular weight is 760 g/mol. The van der Waals surface area contributed by atoms with Gasteiger partial charge in [-0.15, -0.1) is 0 Å². The van der Waals surface area contributed by atoms with Crippen molar-refractivity contribution in [3.05, 3.63) is 24.3 Å². The van der Waals surface area contributed by atoms with E-state index in [0.29, 0.717) is 13.2 Å². The van der Waals surface area contributed by atoms with Crippen LogP contribution < -0.4 is 5.73 Å². The molecule has 0 aliphatic heterocycles. The van der Waals surface area contributed by atoms with E-state index < -0.39 is 32.5 Å². The summed E-state index contributed by atoms with van der Waals surface area (Å²) in [7, 11) is -4.48. The summed E-state index contributed by atoms with van der Waals surface area (Å²) in [6.07, 6.45) is 43.7. The van der Waals surface area contributed by atoms with Gasteiger partial charge in [-0.1, -0.05) is 154 Å². The van der Waals surface area contributed by atoms with Gasteiger partial charge in [0.25, 0.3) is 0 Å². The number of hydrogen-bond donors (Lipinski definition) is 3. The van der Waals surface area contributed by atoms with Crippen LogP contribution in [0.25, 0.3) is 0 Å². The smallest absolute Gasteiger partial charge is 0.472 e. The molecule has 0 amide bonds. The molecule has 0 heterocycles. The van der Waals surface area contributed by atoms with Gasteiger partial charge in [-0.25, -0.2) is 4.57 Å². The minimum absolute atomic E-state index is 0.199. The molecule has 0 aliphatic rings. The molecule has 0 bridgehead atoms. The van der Waals surface area contributed by atoms with E-state index in [0.717, 1.165) is 32.1 Å². The molecule has 0 aliphatic carbocycles. The number of carboxylic acid groups (broad SMARTS) is 1. The first-order valence-electron chi connectivity index (χ1n) is 21.4. The van der Waals surface area contributed by atoms with Crippen LogP contribution in [0.5, 0.6) is 0 Å². The van der Waals surface area contributed by atoms with Gasteiger partial charge in [0.1, 0.15) is 12.1 Å². The molecule has 52 heavy (non-hydrogen) atoms. The Bertz CT molecular complexity index is 871. The normalized spacial score (nSPS) is 14.4. The Labute approximate surface area is 319 Å². The van der Waals surface area contributed by atoms with E-state index in [4.69, 9.17) is 29.4 Å². The number of carbonyl (C=O) groups is 1. The number of aliphatic carboxylic acids is 1. The van der Waals surface area contributed by atoms with E-state index in [9.17, 15) is 14.3 Å². The lowest BCUT2D eigenvalue weighted by Crippen LogP contribution is -2.34. The molecule has 0 spiro atoms. The number of allylic oxidation sites excluding steroid dienone is 4. The van der Waals surface area contributed by atoms with Crippen LogP contribution >= 0.6 is 7.82 Å². The largest absolute Gasteiger partial charge is 0.480 e. The van der Waals surface area contributed by atoms with Crippen molar-refractivity contribution in [1.82, 2.24) is 0 Å². The fourth-order valence-electron chi connectivity index (χ4n) is 5.87. The maximum absolute atomic E-state index is 12.3. The number of phosphoric ester groups is 1. The lowest BCUT2D eigenvalue weighted by atomic mass is 10.1. The van der Waals surface area contributed by atoms with Gasteiger partial charge in [-0.2, -0.15) is 0 Å². The van der Waals surface area contributed by atoms with Gasteiger partial charge in [0.2, 0.25) is 0 Å². The number of carboxylic acids is 1. The van der Waals surface area contributed by atoms with Gasteiger partial charge in [-0.05, 0) is 64.2 Å². The second-order valence-corrected chi connectivity index (χ2v) is 15.9. The Morgan fingerprint density at radius 3 is 1.35 bits per heavy atom. The fourth-order valence-corrected chi connectivity index (χ4v) is 6.65. The summed E-state index contributed by atoms with van der Waals surface area (Å²) in [6.45, 7) is 5.03. The SMILES string of the molecule is CCCCCCCC/C=C\CCCCCCCCOCC(COP(=O)(O)OCC(N)C(=O)O)OCCCCCCCC/C=C\CCCCCCCC. The van der Waals surface area contributed by atoms with Crippen molar-refractivity contribution >= 4 is 13.8 Å². The second-order valence-electron chi connectivity index (χ2n) is 14.4. The molecule has 3 unspecified atom stereocenters. The zero-order valence-electron chi connectivity index (χ0n) is 33.7. The van der Waals surface area contributed by atoms with E-state index in [2.05, 4.69) is 38.2 Å². The van der Waals surface area contributed by atoms with Crippen molar-refractivity contribution in [2.75, 3.05) is 33.0 Å². The predicted molar refractivity (Wildman–Crippen MR) is 217 cm³/mol. The number of rotatable bonds is 42. The van der Waals surface area contributed by atoms with E-state index in [-0.39, 0.29) is 13.2 Å². The van der Waals surface area contributed by atoms with E-state index in [1.54, 1.807) is 0 Å². The molecule has 0 radical (unpaired) electrons. The molecular weight excluding hydrogens is 677 g/mol. The van der Waals surface area contributed by atoms with Gasteiger partial charge < -0.3 is 25.2 Å². The second kappa shape index (κ2) is 39.6. The molecule has 4 N–H and O–H groups in total. The molecule has 0 saturated heterocycles. The summed E-state index contributed by atoms with van der Waals surface area (Å²) in [4.78, 5) is 20.9. The lowest BCUT2D eigenvalue weighted by molar-refractivity contribution is -0.139. The van der Waals surface area contributed by atoms with Crippen molar-refractivity contribution in [2.24, 2.45) is 5.73 Å². The van der Waals surface area contributed by atoms with Gasteiger partial charge in [-0.3, -0.25) is 13.8 Å². The maximum atomic E-state index is 12.3.